The Hall–Kier alpha value is -0.0600. The Bertz CT molecular complexity index is 362. The lowest BCUT2D eigenvalue weighted by Crippen LogP contribution is -2.25. The van der Waals surface area contributed by atoms with Gasteiger partial charge in [0.2, 0.25) is 0 Å². The van der Waals surface area contributed by atoms with Crippen molar-refractivity contribution in [3.8, 4) is 0 Å². The van der Waals surface area contributed by atoms with Gasteiger partial charge in [-0.2, -0.15) is 11.8 Å². The van der Waals surface area contributed by atoms with Crippen LogP contribution in [0, 0.1) is 5.92 Å². The molecule has 2 nitrogen and oxygen atoms in total. The number of nitrogens with zero attached hydrogens (tertiary/aromatic N) is 1. The summed E-state index contributed by atoms with van der Waals surface area (Å²) in [5.74, 6) is 3.57. The zero-order chi connectivity index (χ0) is 13.0. The van der Waals surface area contributed by atoms with Gasteiger partial charge in [0.25, 0.3) is 0 Å². The minimum Gasteiger partial charge on any atom is -0.310 e. The van der Waals surface area contributed by atoms with Crippen LogP contribution in [-0.4, -0.2) is 23.0 Å². The molecular formula is C14H24N2S2. The second-order valence-electron chi connectivity index (χ2n) is 6.06. The summed E-state index contributed by atoms with van der Waals surface area (Å²) in [5, 5.41) is 7.00. The van der Waals surface area contributed by atoms with Crippen LogP contribution in [0.4, 0.5) is 0 Å². The smallest absolute Gasteiger partial charge is 0.107 e. The largest absolute Gasteiger partial charge is 0.310 e. The van der Waals surface area contributed by atoms with Gasteiger partial charge in [-0.1, -0.05) is 20.8 Å². The highest BCUT2D eigenvalue weighted by atomic mass is 32.2. The standard InChI is InChI=1S/C14H24N2S2/c1-14(2,3)12-10-18-13(16-12)9-15-8-11-4-6-17-7-5-11/h10-11,15H,4-9H2,1-3H3. The van der Waals surface area contributed by atoms with Crippen LogP contribution in [0.15, 0.2) is 5.38 Å². The molecule has 0 atom stereocenters. The molecule has 0 aliphatic carbocycles. The van der Waals surface area contributed by atoms with Crippen molar-refractivity contribution in [2.75, 3.05) is 18.1 Å². The monoisotopic (exact) mass is 284 g/mol. The highest BCUT2D eigenvalue weighted by molar-refractivity contribution is 7.99. The molecule has 1 aromatic rings. The van der Waals surface area contributed by atoms with Crippen LogP contribution in [0.2, 0.25) is 0 Å². The maximum atomic E-state index is 4.72. The summed E-state index contributed by atoms with van der Waals surface area (Å²) in [4.78, 5) is 4.72. The fraction of sp³-hybridized carbons (Fsp3) is 0.786. The molecule has 0 unspecified atom stereocenters. The maximum absolute atomic E-state index is 4.72. The minimum atomic E-state index is 0.176. The Morgan fingerprint density at radius 3 is 2.67 bits per heavy atom. The van der Waals surface area contributed by atoms with Crippen LogP contribution in [0.25, 0.3) is 0 Å². The first-order chi connectivity index (χ1) is 8.55. The molecule has 102 valence electrons. The van der Waals surface area contributed by atoms with Gasteiger partial charge in [-0.25, -0.2) is 4.98 Å². The van der Waals surface area contributed by atoms with Crippen molar-refractivity contribution in [3.05, 3.63) is 16.1 Å². The molecule has 0 aromatic carbocycles. The van der Waals surface area contributed by atoms with E-state index in [0.29, 0.717) is 0 Å². The molecular weight excluding hydrogens is 260 g/mol. The number of aromatic nitrogens is 1. The molecule has 0 radical (unpaired) electrons. The summed E-state index contributed by atoms with van der Waals surface area (Å²) in [6, 6.07) is 0. The Morgan fingerprint density at radius 2 is 2.06 bits per heavy atom. The van der Waals surface area contributed by atoms with Crippen molar-refractivity contribution in [1.29, 1.82) is 0 Å². The topological polar surface area (TPSA) is 24.9 Å². The highest BCUT2D eigenvalue weighted by Gasteiger charge is 2.17. The quantitative estimate of drug-likeness (QED) is 0.913. The van der Waals surface area contributed by atoms with Crippen molar-refractivity contribution >= 4 is 23.1 Å². The number of thioether (sulfide) groups is 1. The van der Waals surface area contributed by atoms with Crippen LogP contribution >= 0.6 is 23.1 Å². The molecule has 0 bridgehead atoms. The fourth-order valence-electron chi connectivity index (χ4n) is 2.07. The van der Waals surface area contributed by atoms with Gasteiger partial charge in [0.15, 0.2) is 0 Å². The van der Waals surface area contributed by atoms with Crippen molar-refractivity contribution in [2.45, 2.75) is 45.6 Å². The van der Waals surface area contributed by atoms with E-state index in [4.69, 9.17) is 4.98 Å². The molecule has 1 aliphatic heterocycles. The Balaban J connectivity index is 1.74. The van der Waals surface area contributed by atoms with Crippen LogP contribution in [0.3, 0.4) is 0 Å². The van der Waals surface area contributed by atoms with E-state index in [9.17, 15) is 0 Å². The number of rotatable bonds is 4. The van der Waals surface area contributed by atoms with E-state index in [1.54, 1.807) is 11.3 Å². The predicted octanol–water partition coefficient (Wildman–Crippen LogP) is 3.67. The Kier molecular flexibility index (Phi) is 5.10. The molecule has 2 heterocycles. The van der Waals surface area contributed by atoms with Crippen LogP contribution in [0.1, 0.15) is 44.3 Å². The minimum absolute atomic E-state index is 0.176. The summed E-state index contributed by atoms with van der Waals surface area (Å²) in [6.45, 7) is 8.76. The molecule has 1 N–H and O–H groups in total. The van der Waals surface area contributed by atoms with Crippen molar-refractivity contribution < 1.29 is 0 Å². The molecule has 0 amide bonds. The fourth-order valence-corrected chi connectivity index (χ4v) is 4.26. The third kappa shape index (κ3) is 4.25. The SMILES string of the molecule is CC(C)(C)c1csc(CNCC2CCSCC2)n1. The van der Waals surface area contributed by atoms with Crippen LogP contribution in [-0.2, 0) is 12.0 Å². The average molecular weight is 284 g/mol. The second kappa shape index (κ2) is 6.40. The lowest BCUT2D eigenvalue weighted by molar-refractivity contribution is 0.447. The van der Waals surface area contributed by atoms with E-state index in [1.807, 2.05) is 0 Å². The molecule has 4 heteroatoms. The van der Waals surface area contributed by atoms with E-state index in [0.717, 1.165) is 19.0 Å². The van der Waals surface area contributed by atoms with Gasteiger partial charge in [0.1, 0.15) is 5.01 Å². The molecule has 0 saturated carbocycles. The predicted molar refractivity (Wildman–Crippen MR) is 82.6 cm³/mol. The van der Waals surface area contributed by atoms with Gasteiger partial charge in [0, 0.05) is 17.3 Å². The zero-order valence-corrected chi connectivity index (χ0v) is 13.3. The van der Waals surface area contributed by atoms with Gasteiger partial charge in [-0.05, 0) is 36.8 Å². The van der Waals surface area contributed by atoms with Gasteiger partial charge in [-0.15, -0.1) is 11.3 Å². The molecule has 1 saturated heterocycles. The highest BCUT2D eigenvalue weighted by Crippen LogP contribution is 2.24. The van der Waals surface area contributed by atoms with Gasteiger partial charge < -0.3 is 5.32 Å². The van der Waals surface area contributed by atoms with Crippen molar-refractivity contribution in [3.63, 3.8) is 0 Å². The van der Waals surface area contributed by atoms with Crippen LogP contribution < -0.4 is 5.32 Å². The second-order valence-corrected chi connectivity index (χ2v) is 8.23. The summed E-state index contributed by atoms with van der Waals surface area (Å²) in [7, 11) is 0. The van der Waals surface area contributed by atoms with Gasteiger partial charge in [0.05, 0.1) is 5.69 Å². The zero-order valence-electron chi connectivity index (χ0n) is 11.7. The molecule has 18 heavy (non-hydrogen) atoms. The van der Waals surface area contributed by atoms with Crippen molar-refractivity contribution in [2.24, 2.45) is 5.92 Å². The summed E-state index contributed by atoms with van der Waals surface area (Å²) in [6.07, 6.45) is 2.76. The first-order valence-corrected chi connectivity index (χ1v) is 8.82. The van der Waals surface area contributed by atoms with Gasteiger partial charge >= 0.3 is 0 Å². The van der Waals surface area contributed by atoms with Crippen molar-refractivity contribution in [1.82, 2.24) is 10.3 Å². The molecule has 1 aliphatic rings. The normalized spacial score (nSPS) is 18.2. The average Bonchev–Trinajstić information content (AvgIpc) is 2.79. The lowest BCUT2D eigenvalue weighted by atomic mass is 9.93. The molecule has 2 rings (SSSR count). The third-order valence-electron chi connectivity index (χ3n) is 3.37. The van der Waals surface area contributed by atoms with Crippen LogP contribution in [0.5, 0.6) is 0 Å². The number of nitrogens with one attached hydrogen (secondary N) is 1. The molecule has 1 aromatic heterocycles. The number of thiazole rings is 1. The lowest BCUT2D eigenvalue weighted by Gasteiger charge is -2.21. The van der Waals surface area contributed by atoms with E-state index in [-0.39, 0.29) is 5.41 Å². The first-order valence-electron chi connectivity index (χ1n) is 6.79. The van der Waals surface area contributed by atoms with Gasteiger partial charge in [-0.3, -0.25) is 0 Å². The molecule has 1 fully saturated rings. The molecule has 0 spiro atoms. The van der Waals surface area contributed by atoms with E-state index < -0.39 is 0 Å². The third-order valence-corrected chi connectivity index (χ3v) is 5.27. The number of hydrogen-bond donors (Lipinski definition) is 1. The van der Waals surface area contributed by atoms with E-state index in [2.05, 4.69) is 43.2 Å². The van der Waals surface area contributed by atoms with E-state index >= 15 is 0 Å². The summed E-state index contributed by atoms with van der Waals surface area (Å²) < 4.78 is 0. The summed E-state index contributed by atoms with van der Waals surface area (Å²) in [5.41, 5.74) is 1.40. The Morgan fingerprint density at radius 1 is 1.33 bits per heavy atom. The number of hydrogen-bond acceptors (Lipinski definition) is 4. The first kappa shape index (κ1) is 14.4. The maximum Gasteiger partial charge on any atom is 0.107 e. The summed E-state index contributed by atoms with van der Waals surface area (Å²) >= 11 is 3.88. The van der Waals surface area contributed by atoms with E-state index in [1.165, 1.54) is 35.0 Å². The Labute approximate surface area is 119 Å².